The van der Waals surface area contributed by atoms with Crippen LogP contribution in [0, 0.1) is 5.92 Å². The minimum atomic E-state index is -3.50. The maximum atomic E-state index is 12.4. The van der Waals surface area contributed by atoms with Crippen LogP contribution in [-0.4, -0.2) is 33.2 Å². The monoisotopic (exact) mass is 364 g/mol. The number of sulfone groups is 1. The first-order chi connectivity index (χ1) is 11.8. The Balaban J connectivity index is 2.37. The van der Waals surface area contributed by atoms with Gasteiger partial charge in [0.25, 0.3) is 0 Å². The number of hydrazine groups is 1. The van der Waals surface area contributed by atoms with E-state index < -0.39 is 9.84 Å². The molecule has 7 heteroatoms. The van der Waals surface area contributed by atoms with Crippen LogP contribution in [0.5, 0.6) is 5.75 Å². The lowest BCUT2D eigenvalue weighted by Gasteiger charge is -2.28. The maximum Gasteiger partial charge on any atom is 0.234 e. The van der Waals surface area contributed by atoms with E-state index in [9.17, 15) is 13.2 Å². The molecular formula is C18H24N2O4S. The molecule has 0 bridgehead atoms. The summed E-state index contributed by atoms with van der Waals surface area (Å²) in [5.74, 6) is 0.279. The SMILES string of the molecule is C=CCS(=O)(=O)c1cc(/C(C)=C/C2NNC(=O)CC2C)ccc1OC. The number of allylic oxidation sites excluding steroid dienone is 1. The van der Waals surface area contributed by atoms with Crippen LogP contribution in [-0.2, 0) is 14.6 Å². The summed E-state index contributed by atoms with van der Waals surface area (Å²) >= 11 is 0. The van der Waals surface area contributed by atoms with Gasteiger partial charge >= 0.3 is 0 Å². The third-order valence-electron chi connectivity index (χ3n) is 4.22. The number of amides is 1. The Morgan fingerprint density at radius 3 is 2.76 bits per heavy atom. The number of methoxy groups -OCH3 is 1. The topological polar surface area (TPSA) is 84.5 Å². The van der Waals surface area contributed by atoms with Gasteiger partial charge in [0.1, 0.15) is 10.6 Å². The Morgan fingerprint density at radius 1 is 1.44 bits per heavy atom. The molecule has 0 saturated carbocycles. The first kappa shape index (κ1) is 19.2. The predicted molar refractivity (Wildman–Crippen MR) is 97.7 cm³/mol. The van der Waals surface area contributed by atoms with Crippen LogP contribution >= 0.6 is 0 Å². The van der Waals surface area contributed by atoms with Gasteiger partial charge in [-0.1, -0.05) is 25.1 Å². The summed E-state index contributed by atoms with van der Waals surface area (Å²) in [5, 5.41) is 0. The van der Waals surface area contributed by atoms with Crippen molar-refractivity contribution in [1.82, 2.24) is 10.9 Å². The fourth-order valence-corrected chi connectivity index (χ4v) is 4.01. The van der Waals surface area contributed by atoms with Gasteiger partial charge in [0.05, 0.1) is 12.9 Å². The van der Waals surface area contributed by atoms with Crippen LogP contribution < -0.4 is 15.6 Å². The van der Waals surface area contributed by atoms with Crippen LogP contribution in [0.1, 0.15) is 25.8 Å². The second-order valence-electron chi connectivity index (χ2n) is 6.19. The lowest BCUT2D eigenvalue weighted by molar-refractivity contribution is -0.125. The van der Waals surface area contributed by atoms with E-state index in [2.05, 4.69) is 17.4 Å². The molecule has 0 radical (unpaired) electrons. The lowest BCUT2D eigenvalue weighted by atomic mass is 9.93. The molecular weight excluding hydrogens is 340 g/mol. The highest BCUT2D eigenvalue weighted by Gasteiger charge is 2.24. The molecule has 1 fully saturated rings. The lowest BCUT2D eigenvalue weighted by Crippen LogP contribution is -2.52. The molecule has 1 heterocycles. The first-order valence-corrected chi connectivity index (χ1v) is 9.68. The smallest absolute Gasteiger partial charge is 0.234 e. The summed E-state index contributed by atoms with van der Waals surface area (Å²) < 4.78 is 30.1. The fraction of sp³-hybridized carbons (Fsp3) is 0.389. The number of hydrogen-bond donors (Lipinski definition) is 2. The van der Waals surface area contributed by atoms with E-state index in [4.69, 9.17) is 4.74 Å². The summed E-state index contributed by atoms with van der Waals surface area (Å²) in [4.78, 5) is 11.5. The van der Waals surface area contributed by atoms with Gasteiger partial charge in [-0.05, 0) is 36.1 Å². The van der Waals surface area contributed by atoms with Crippen LogP contribution in [0.4, 0.5) is 0 Å². The van der Waals surface area contributed by atoms with Gasteiger partial charge in [-0.25, -0.2) is 13.8 Å². The summed E-state index contributed by atoms with van der Waals surface area (Å²) in [6.45, 7) is 7.41. The van der Waals surface area contributed by atoms with Crippen molar-refractivity contribution < 1.29 is 17.9 Å². The molecule has 0 aliphatic carbocycles. The van der Waals surface area contributed by atoms with Crippen molar-refractivity contribution in [2.24, 2.45) is 5.92 Å². The van der Waals surface area contributed by atoms with Crippen molar-refractivity contribution in [2.45, 2.75) is 31.2 Å². The van der Waals surface area contributed by atoms with Crippen LogP contribution in [0.25, 0.3) is 5.57 Å². The molecule has 2 N–H and O–H groups in total. The molecule has 1 saturated heterocycles. The summed E-state index contributed by atoms with van der Waals surface area (Å²) in [6, 6.07) is 5.08. The zero-order valence-electron chi connectivity index (χ0n) is 14.7. The Bertz CT molecular complexity index is 799. The number of ether oxygens (including phenoxy) is 1. The number of rotatable bonds is 6. The zero-order valence-corrected chi connectivity index (χ0v) is 15.5. The number of carbonyl (C=O) groups is 1. The van der Waals surface area contributed by atoms with E-state index in [0.717, 1.165) is 11.1 Å². The number of benzene rings is 1. The van der Waals surface area contributed by atoms with Gasteiger partial charge in [-0.3, -0.25) is 10.2 Å². The predicted octanol–water partition coefficient (Wildman–Crippen LogP) is 2.09. The second kappa shape index (κ2) is 7.84. The third-order valence-corrected chi connectivity index (χ3v) is 5.88. The van der Waals surface area contributed by atoms with Gasteiger partial charge in [0, 0.05) is 12.5 Å². The highest BCUT2D eigenvalue weighted by atomic mass is 32.2. The average molecular weight is 364 g/mol. The standard InChI is InChI=1S/C18H24N2O4S/c1-5-8-25(22,23)17-11-14(6-7-16(17)24-4)12(2)9-15-13(3)10-18(21)20-19-15/h5-7,9,11,13,15,19H,1,8,10H2,2-4H3,(H,20,21)/b12-9+. The highest BCUT2D eigenvalue weighted by Crippen LogP contribution is 2.29. The molecule has 1 aromatic carbocycles. The van der Waals surface area contributed by atoms with Gasteiger partial charge in [0.15, 0.2) is 9.84 Å². The van der Waals surface area contributed by atoms with Gasteiger partial charge in [-0.15, -0.1) is 6.58 Å². The normalized spacial score (nSPS) is 21.6. The molecule has 2 rings (SSSR count). The molecule has 1 aromatic rings. The van der Waals surface area contributed by atoms with E-state index in [1.165, 1.54) is 13.2 Å². The van der Waals surface area contributed by atoms with Gasteiger partial charge in [-0.2, -0.15) is 0 Å². The van der Waals surface area contributed by atoms with Crippen LogP contribution in [0.2, 0.25) is 0 Å². The Hall–Kier alpha value is -2.12. The molecule has 1 aliphatic rings. The number of hydrogen-bond acceptors (Lipinski definition) is 5. The Morgan fingerprint density at radius 2 is 2.16 bits per heavy atom. The minimum absolute atomic E-state index is 0.0203. The quantitative estimate of drug-likeness (QED) is 0.755. The number of carbonyl (C=O) groups excluding carboxylic acids is 1. The number of nitrogens with one attached hydrogen (secondary N) is 2. The molecule has 1 aliphatic heterocycles. The summed E-state index contributed by atoms with van der Waals surface area (Å²) in [5.41, 5.74) is 7.31. The zero-order chi connectivity index (χ0) is 18.6. The summed E-state index contributed by atoms with van der Waals surface area (Å²) in [7, 11) is -2.06. The summed E-state index contributed by atoms with van der Waals surface area (Å²) in [6.07, 6.45) is 3.80. The first-order valence-electron chi connectivity index (χ1n) is 8.03. The Kier molecular flexibility index (Phi) is 6.02. The van der Waals surface area contributed by atoms with Crippen molar-refractivity contribution in [1.29, 1.82) is 0 Å². The van der Waals surface area contributed by atoms with E-state index in [0.29, 0.717) is 12.2 Å². The molecule has 25 heavy (non-hydrogen) atoms. The highest BCUT2D eigenvalue weighted by molar-refractivity contribution is 7.91. The van der Waals surface area contributed by atoms with Gasteiger partial charge < -0.3 is 4.74 Å². The second-order valence-corrected chi connectivity index (χ2v) is 8.19. The van der Waals surface area contributed by atoms with E-state index >= 15 is 0 Å². The molecule has 136 valence electrons. The van der Waals surface area contributed by atoms with Crippen LogP contribution in [0.3, 0.4) is 0 Å². The largest absolute Gasteiger partial charge is 0.495 e. The third kappa shape index (κ3) is 4.49. The van der Waals surface area contributed by atoms with Crippen molar-refractivity contribution in [3.05, 3.63) is 42.5 Å². The van der Waals surface area contributed by atoms with E-state index in [-0.39, 0.29) is 28.5 Å². The maximum absolute atomic E-state index is 12.4. The molecule has 0 aromatic heterocycles. The molecule has 2 atom stereocenters. The van der Waals surface area contributed by atoms with Crippen LogP contribution in [0.15, 0.2) is 41.8 Å². The van der Waals surface area contributed by atoms with Crippen molar-refractivity contribution >= 4 is 21.3 Å². The van der Waals surface area contributed by atoms with Gasteiger partial charge in [0.2, 0.25) is 5.91 Å². The van der Waals surface area contributed by atoms with E-state index in [1.54, 1.807) is 12.1 Å². The molecule has 0 spiro atoms. The van der Waals surface area contributed by atoms with Crippen molar-refractivity contribution in [2.75, 3.05) is 12.9 Å². The average Bonchev–Trinajstić information content (AvgIpc) is 2.56. The molecule has 2 unspecified atom stereocenters. The van der Waals surface area contributed by atoms with Crippen molar-refractivity contribution in [3.63, 3.8) is 0 Å². The molecule has 6 nitrogen and oxygen atoms in total. The minimum Gasteiger partial charge on any atom is -0.495 e. The fourth-order valence-electron chi connectivity index (χ4n) is 2.76. The molecule has 1 amide bonds. The van der Waals surface area contributed by atoms with Crippen molar-refractivity contribution in [3.8, 4) is 5.75 Å². The van der Waals surface area contributed by atoms with E-state index in [1.807, 2.05) is 26.0 Å². The Labute approximate surface area is 148 Å².